The van der Waals surface area contributed by atoms with E-state index in [0.717, 1.165) is 0 Å². The molecule has 1 heterocycles. The number of benzene rings is 2. The third-order valence-electron chi connectivity index (χ3n) is 3.50. The van der Waals surface area contributed by atoms with Gasteiger partial charge in [0.15, 0.2) is 0 Å². The Hall–Kier alpha value is -3.00. The smallest absolute Gasteiger partial charge is 0.335 e. The first-order valence-electron chi connectivity index (χ1n) is 6.97. The van der Waals surface area contributed by atoms with Crippen LogP contribution in [0.25, 0.3) is 5.69 Å². The Morgan fingerprint density at radius 2 is 1.79 bits per heavy atom. The van der Waals surface area contributed by atoms with Crippen LogP contribution in [0.5, 0.6) is 0 Å². The van der Waals surface area contributed by atoms with Crippen LogP contribution in [0.4, 0.5) is 0 Å². The number of nitrogens with zero attached hydrogens (tertiary/aromatic N) is 3. The molecular formula is C16H13N3O4S. The number of hydrogen-bond donors (Lipinski definition) is 1. The Balaban J connectivity index is 2.10. The minimum atomic E-state index is -3.79. The molecule has 3 aromatic rings. The number of carboxylic acid groups (broad SMARTS) is 1. The summed E-state index contributed by atoms with van der Waals surface area (Å²) < 4.78 is 26.6. The van der Waals surface area contributed by atoms with Crippen LogP contribution in [0.2, 0.25) is 0 Å². The molecule has 0 aliphatic heterocycles. The van der Waals surface area contributed by atoms with Crippen LogP contribution < -0.4 is 0 Å². The Bertz CT molecular complexity index is 1010. The van der Waals surface area contributed by atoms with Crippen LogP contribution in [0.3, 0.4) is 0 Å². The number of carboxylic acids is 1. The fraction of sp³-hybridized carbons (Fsp3) is 0.0625. The monoisotopic (exact) mass is 343 g/mol. The number of aromatic nitrogens is 3. The average molecular weight is 343 g/mol. The van der Waals surface area contributed by atoms with E-state index in [1.165, 1.54) is 28.9 Å². The van der Waals surface area contributed by atoms with Gasteiger partial charge in [0.2, 0.25) is 14.9 Å². The largest absolute Gasteiger partial charge is 0.478 e. The summed E-state index contributed by atoms with van der Waals surface area (Å²) in [6.45, 7) is 1.57. The van der Waals surface area contributed by atoms with E-state index in [1.54, 1.807) is 37.3 Å². The van der Waals surface area contributed by atoms with Crippen molar-refractivity contribution in [3.05, 3.63) is 65.9 Å². The van der Waals surface area contributed by atoms with Gasteiger partial charge in [0.25, 0.3) is 0 Å². The van der Waals surface area contributed by atoms with Gasteiger partial charge in [-0.15, -0.1) is 5.10 Å². The summed E-state index contributed by atoms with van der Waals surface area (Å²) in [5, 5.41) is 16.6. The van der Waals surface area contributed by atoms with Crippen molar-refractivity contribution < 1.29 is 18.3 Å². The van der Waals surface area contributed by atoms with Crippen LogP contribution in [0.15, 0.2) is 64.5 Å². The highest BCUT2D eigenvalue weighted by Gasteiger charge is 2.25. The first-order chi connectivity index (χ1) is 11.4. The van der Waals surface area contributed by atoms with Gasteiger partial charge in [-0.05, 0) is 37.3 Å². The highest BCUT2D eigenvalue weighted by molar-refractivity contribution is 7.91. The zero-order valence-electron chi connectivity index (χ0n) is 12.6. The molecule has 0 saturated heterocycles. The van der Waals surface area contributed by atoms with E-state index in [1.807, 2.05) is 0 Å². The van der Waals surface area contributed by atoms with Gasteiger partial charge in [-0.3, -0.25) is 0 Å². The lowest BCUT2D eigenvalue weighted by Crippen LogP contribution is -2.06. The third kappa shape index (κ3) is 2.67. The Kier molecular flexibility index (Phi) is 3.90. The number of rotatable bonds is 4. The molecule has 2 aromatic carbocycles. The minimum Gasteiger partial charge on any atom is -0.478 e. The summed E-state index contributed by atoms with van der Waals surface area (Å²) in [5.41, 5.74) is 0.811. The third-order valence-corrected chi connectivity index (χ3v) is 5.28. The molecule has 0 unspecified atom stereocenters. The van der Waals surface area contributed by atoms with E-state index in [-0.39, 0.29) is 15.5 Å². The second-order valence-corrected chi connectivity index (χ2v) is 6.93. The second kappa shape index (κ2) is 5.89. The predicted octanol–water partition coefficient (Wildman–Crippen LogP) is 2.11. The minimum absolute atomic E-state index is 0.0786. The van der Waals surface area contributed by atoms with E-state index >= 15 is 0 Å². The fourth-order valence-corrected chi connectivity index (χ4v) is 3.65. The summed E-state index contributed by atoms with van der Waals surface area (Å²) in [5.74, 6) is -1.08. The molecule has 122 valence electrons. The number of hydrogen-bond acceptors (Lipinski definition) is 5. The van der Waals surface area contributed by atoms with Crippen molar-refractivity contribution in [2.24, 2.45) is 0 Å². The molecule has 7 nitrogen and oxygen atoms in total. The lowest BCUT2D eigenvalue weighted by Gasteiger charge is -2.05. The molecule has 3 rings (SSSR count). The van der Waals surface area contributed by atoms with Gasteiger partial charge < -0.3 is 5.11 Å². The SMILES string of the molecule is Cc1c(S(=O)(=O)c2ccccc2)nnn1-c1cccc(C(=O)O)c1. The van der Waals surface area contributed by atoms with E-state index in [2.05, 4.69) is 10.3 Å². The molecule has 0 atom stereocenters. The van der Waals surface area contributed by atoms with Gasteiger partial charge in [-0.1, -0.05) is 29.5 Å². The zero-order chi connectivity index (χ0) is 17.3. The molecule has 0 saturated carbocycles. The highest BCUT2D eigenvalue weighted by Crippen LogP contribution is 2.23. The summed E-state index contributed by atoms with van der Waals surface area (Å²) in [6, 6.07) is 14.0. The van der Waals surface area contributed by atoms with Crippen molar-refractivity contribution in [1.82, 2.24) is 15.0 Å². The first-order valence-corrected chi connectivity index (χ1v) is 8.46. The molecule has 0 amide bonds. The van der Waals surface area contributed by atoms with Crippen LogP contribution in [-0.4, -0.2) is 34.5 Å². The Morgan fingerprint density at radius 1 is 1.08 bits per heavy atom. The molecule has 24 heavy (non-hydrogen) atoms. The maximum absolute atomic E-state index is 12.7. The summed E-state index contributed by atoms with van der Waals surface area (Å²) in [7, 11) is -3.79. The van der Waals surface area contributed by atoms with Crippen molar-refractivity contribution in [2.45, 2.75) is 16.8 Å². The maximum Gasteiger partial charge on any atom is 0.335 e. The molecule has 0 aliphatic carbocycles. The summed E-state index contributed by atoms with van der Waals surface area (Å²) >= 11 is 0. The van der Waals surface area contributed by atoms with Gasteiger partial charge in [0.05, 0.1) is 21.8 Å². The predicted molar refractivity (Wildman–Crippen MR) is 84.9 cm³/mol. The van der Waals surface area contributed by atoms with Crippen molar-refractivity contribution in [3.8, 4) is 5.69 Å². The van der Waals surface area contributed by atoms with Crippen LogP contribution in [0, 0.1) is 6.92 Å². The molecule has 0 aliphatic rings. The standard InChI is InChI=1S/C16H13N3O4S/c1-11-15(24(22,23)14-8-3-2-4-9-14)17-18-19(11)13-7-5-6-12(10-13)16(20)21/h2-10H,1H3,(H,20,21). The molecule has 0 radical (unpaired) electrons. The maximum atomic E-state index is 12.7. The molecule has 0 bridgehead atoms. The van der Waals surface area contributed by atoms with Gasteiger partial charge in [-0.25, -0.2) is 17.9 Å². The molecule has 1 N–H and O–H groups in total. The van der Waals surface area contributed by atoms with E-state index < -0.39 is 15.8 Å². The van der Waals surface area contributed by atoms with Crippen molar-refractivity contribution in [2.75, 3.05) is 0 Å². The Labute approximate surface area is 138 Å². The highest BCUT2D eigenvalue weighted by atomic mass is 32.2. The summed E-state index contributed by atoms with van der Waals surface area (Å²) in [4.78, 5) is 11.2. The van der Waals surface area contributed by atoms with Crippen LogP contribution >= 0.6 is 0 Å². The summed E-state index contributed by atoms with van der Waals surface area (Å²) in [6.07, 6.45) is 0. The molecule has 1 aromatic heterocycles. The molecule has 0 spiro atoms. The van der Waals surface area contributed by atoms with Crippen molar-refractivity contribution >= 4 is 15.8 Å². The van der Waals surface area contributed by atoms with Gasteiger partial charge >= 0.3 is 5.97 Å². The van der Waals surface area contributed by atoms with E-state index in [4.69, 9.17) is 5.11 Å². The van der Waals surface area contributed by atoms with Gasteiger partial charge in [0, 0.05) is 0 Å². The lowest BCUT2D eigenvalue weighted by molar-refractivity contribution is 0.0697. The first kappa shape index (κ1) is 15.9. The quantitative estimate of drug-likeness (QED) is 0.778. The fourth-order valence-electron chi connectivity index (χ4n) is 2.29. The molecule has 8 heteroatoms. The van der Waals surface area contributed by atoms with E-state index in [0.29, 0.717) is 11.4 Å². The van der Waals surface area contributed by atoms with Crippen molar-refractivity contribution in [3.63, 3.8) is 0 Å². The topological polar surface area (TPSA) is 102 Å². The second-order valence-electron chi connectivity index (χ2n) is 5.06. The Morgan fingerprint density at radius 3 is 2.46 bits per heavy atom. The average Bonchev–Trinajstić information content (AvgIpc) is 2.98. The van der Waals surface area contributed by atoms with Crippen LogP contribution in [-0.2, 0) is 9.84 Å². The molecular weight excluding hydrogens is 330 g/mol. The van der Waals surface area contributed by atoms with Crippen LogP contribution in [0.1, 0.15) is 16.1 Å². The van der Waals surface area contributed by atoms with Gasteiger partial charge in [-0.2, -0.15) is 0 Å². The lowest BCUT2D eigenvalue weighted by atomic mass is 10.2. The number of sulfone groups is 1. The zero-order valence-corrected chi connectivity index (χ0v) is 13.4. The normalized spacial score (nSPS) is 11.4. The number of carbonyl (C=O) groups is 1. The van der Waals surface area contributed by atoms with E-state index in [9.17, 15) is 13.2 Å². The molecule has 0 fully saturated rings. The van der Waals surface area contributed by atoms with Gasteiger partial charge in [0.1, 0.15) is 0 Å². The van der Waals surface area contributed by atoms with Crippen molar-refractivity contribution in [1.29, 1.82) is 0 Å². The number of aromatic carboxylic acids is 1.